The van der Waals surface area contributed by atoms with E-state index in [1.165, 1.54) is 6.07 Å². The van der Waals surface area contributed by atoms with Crippen LogP contribution in [-0.2, 0) is 22.4 Å². The Morgan fingerprint density at radius 2 is 1.78 bits per heavy atom. The number of rotatable bonds is 8. The summed E-state index contributed by atoms with van der Waals surface area (Å²) in [5.41, 5.74) is 12.0. The summed E-state index contributed by atoms with van der Waals surface area (Å²) in [5.74, 6) is -1.85. The third-order valence-corrected chi connectivity index (χ3v) is 3.97. The van der Waals surface area contributed by atoms with E-state index >= 15 is 0 Å². The highest BCUT2D eigenvalue weighted by atomic mass is 16.6. The number of nitro groups is 1. The molecule has 0 aliphatic carbocycles. The number of aromatic hydroxyl groups is 1. The lowest BCUT2D eigenvalue weighted by Crippen LogP contribution is -2.51. The molecule has 0 radical (unpaired) electrons. The molecule has 0 aliphatic heterocycles. The molecule has 9 nitrogen and oxygen atoms in total. The molecule has 2 rings (SSSR count). The molecule has 0 unspecified atom stereocenters. The Kier molecular flexibility index (Phi) is 6.45. The Morgan fingerprint density at radius 1 is 1.11 bits per heavy atom. The summed E-state index contributed by atoms with van der Waals surface area (Å²) < 4.78 is 0. The predicted molar refractivity (Wildman–Crippen MR) is 97.7 cm³/mol. The van der Waals surface area contributed by atoms with Crippen LogP contribution in [-0.4, -0.2) is 33.9 Å². The highest BCUT2D eigenvalue weighted by Crippen LogP contribution is 2.26. The van der Waals surface area contributed by atoms with Crippen molar-refractivity contribution < 1.29 is 19.6 Å². The maximum absolute atomic E-state index is 12.3. The second kappa shape index (κ2) is 8.77. The summed E-state index contributed by atoms with van der Waals surface area (Å²) in [7, 11) is 0. The van der Waals surface area contributed by atoms with Gasteiger partial charge in [0.2, 0.25) is 11.8 Å². The number of nitrogens with one attached hydrogen (secondary N) is 1. The van der Waals surface area contributed by atoms with Crippen molar-refractivity contribution in [3.8, 4) is 5.75 Å². The van der Waals surface area contributed by atoms with Crippen molar-refractivity contribution in [3.05, 3.63) is 69.8 Å². The van der Waals surface area contributed by atoms with E-state index in [0.29, 0.717) is 5.56 Å². The van der Waals surface area contributed by atoms with Gasteiger partial charge in [0.15, 0.2) is 5.75 Å². The number of primary amides is 1. The highest BCUT2D eigenvalue weighted by Gasteiger charge is 2.24. The van der Waals surface area contributed by atoms with E-state index in [2.05, 4.69) is 5.32 Å². The van der Waals surface area contributed by atoms with Crippen LogP contribution in [0.5, 0.6) is 5.75 Å². The fourth-order valence-electron chi connectivity index (χ4n) is 2.54. The van der Waals surface area contributed by atoms with Gasteiger partial charge in [-0.1, -0.05) is 36.4 Å². The smallest absolute Gasteiger partial charge is 0.310 e. The van der Waals surface area contributed by atoms with Gasteiger partial charge in [0.05, 0.1) is 11.0 Å². The average molecular weight is 372 g/mol. The van der Waals surface area contributed by atoms with Crippen LogP contribution in [0.3, 0.4) is 0 Å². The highest BCUT2D eigenvalue weighted by molar-refractivity contribution is 5.89. The molecule has 0 heterocycles. The zero-order valence-electron chi connectivity index (χ0n) is 14.4. The first-order valence-electron chi connectivity index (χ1n) is 8.13. The van der Waals surface area contributed by atoms with Gasteiger partial charge >= 0.3 is 5.69 Å². The Labute approximate surface area is 155 Å². The first kappa shape index (κ1) is 19.9. The SMILES string of the molecule is NC(=O)[C@@H](Cc1ccc(O)c([N+](=O)[O-])c1)NC(=O)[C@H](N)Cc1ccccc1. The number of phenolic OH excluding ortho intramolecular Hbond substituents is 1. The van der Waals surface area contributed by atoms with Crippen molar-refractivity contribution in [2.75, 3.05) is 0 Å². The van der Waals surface area contributed by atoms with Crippen LogP contribution in [0.1, 0.15) is 11.1 Å². The number of hydrogen-bond donors (Lipinski definition) is 4. The standard InChI is InChI=1S/C18H20N4O5/c19-13(8-11-4-2-1-3-5-11)18(25)21-14(17(20)24)9-12-6-7-16(23)15(10-12)22(26)27/h1-7,10,13-14,23H,8-9,19H2,(H2,20,24)(H,21,25)/t13-,14-/m1/s1. The number of hydrogen-bond acceptors (Lipinski definition) is 6. The van der Waals surface area contributed by atoms with Crippen LogP contribution >= 0.6 is 0 Å². The van der Waals surface area contributed by atoms with Crippen molar-refractivity contribution in [1.82, 2.24) is 5.32 Å². The summed E-state index contributed by atoms with van der Waals surface area (Å²) in [6.07, 6.45) is 0.211. The molecular formula is C18H20N4O5. The first-order chi connectivity index (χ1) is 12.8. The van der Waals surface area contributed by atoms with E-state index in [1.54, 1.807) is 0 Å². The summed E-state index contributed by atoms with van der Waals surface area (Å²) in [6.45, 7) is 0. The molecule has 6 N–H and O–H groups in total. The number of carbonyl (C=O) groups is 2. The molecule has 27 heavy (non-hydrogen) atoms. The van der Waals surface area contributed by atoms with Gasteiger partial charge < -0.3 is 21.9 Å². The molecule has 9 heteroatoms. The minimum Gasteiger partial charge on any atom is -0.502 e. The molecular weight excluding hydrogens is 352 g/mol. The van der Waals surface area contributed by atoms with Crippen molar-refractivity contribution in [2.45, 2.75) is 24.9 Å². The Bertz CT molecular complexity index is 841. The maximum atomic E-state index is 12.3. The first-order valence-corrected chi connectivity index (χ1v) is 8.13. The summed E-state index contributed by atoms with van der Waals surface area (Å²) in [6, 6.07) is 10.8. The normalized spacial score (nSPS) is 12.8. The van der Waals surface area contributed by atoms with Gasteiger partial charge in [0.25, 0.3) is 0 Å². The largest absolute Gasteiger partial charge is 0.502 e. The van der Waals surface area contributed by atoms with Crippen molar-refractivity contribution >= 4 is 17.5 Å². The molecule has 0 bridgehead atoms. The fourth-order valence-corrected chi connectivity index (χ4v) is 2.54. The number of benzene rings is 2. The van der Waals surface area contributed by atoms with Gasteiger partial charge in [-0.2, -0.15) is 0 Å². The third kappa shape index (κ3) is 5.51. The van der Waals surface area contributed by atoms with Crippen LogP contribution in [0.2, 0.25) is 0 Å². The molecule has 2 aromatic rings. The van der Waals surface area contributed by atoms with Gasteiger partial charge in [-0.25, -0.2) is 0 Å². The summed E-state index contributed by atoms with van der Waals surface area (Å²) in [4.78, 5) is 34.1. The lowest BCUT2D eigenvalue weighted by atomic mass is 10.0. The van der Waals surface area contributed by atoms with E-state index in [0.717, 1.165) is 17.7 Å². The van der Waals surface area contributed by atoms with Gasteiger partial charge in [-0.15, -0.1) is 0 Å². The van der Waals surface area contributed by atoms with E-state index in [1.807, 2.05) is 30.3 Å². The number of phenols is 1. The number of nitro benzene ring substituents is 1. The molecule has 2 atom stereocenters. The van der Waals surface area contributed by atoms with E-state index in [4.69, 9.17) is 11.5 Å². The number of nitrogens with zero attached hydrogens (tertiary/aromatic N) is 1. The molecule has 0 fully saturated rings. The second-order valence-corrected chi connectivity index (χ2v) is 6.04. The number of carbonyl (C=O) groups excluding carboxylic acids is 2. The number of amides is 2. The summed E-state index contributed by atoms with van der Waals surface area (Å²) in [5, 5.41) is 22.9. The molecule has 0 saturated heterocycles. The monoisotopic (exact) mass is 372 g/mol. The zero-order chi connectivity index (χ0) is 20.0. The lowest BCUT2D eigenvalue weighted by Gasteiger charge is -2.19. The van der Waals surface area contributed by atoms with Crippen LogP contribution in [0.25, 0.3) is 0 Å². The van der Waals surface area contributed by atoms with Crippen LogP contribution in [0.15, 0.2) is 48.5 Å². The Hall–Kier alpha value is -3.46. The Morgan fingerprint density at radius 3 is 2.37 bits per heavy atom. The maximum Gasteiger partial charge on any atom is 0.310 e. The molecule has 0 aromatic heterocycles. The minimum absolute atomic E-state index is 0.0692. The van der Waals surface area contributed by atoms with Crippen molar-refractivity contribution in [1.29, 1.82) is 0 Å². The second-order valence-electron chi connectivity index (χ2n) is 6.04. The van der Waals surface area contributed by atoms with E-state index < -0.39 is 40.3 Å². The third-order valence-electron chi connectivity index (χ3n) is 3.97. The average Bonchev–Trinajstić information content (AvgIpc) is 2.63. The molecule has 0 aliphatic rings. The van der Waals surface area contributed by atoms with Gasteiger partial charge in [-0.05, 0) is 23.6 Å². The zero-order valence-corrected chi connectivity index (χ0v) is 14.4. The van der Waals surface area contributed by atoms with E-state index in [-0.39, 0.29) is 12.8 Å². The molecule has 0 saturated carbocycles. The van der Waals surface area contributed by atoms with Gasteiger partial charge in [0, 0.05) is 12.5 Å². The van der Waals surface area contributed by atoms with Gasteiger partial charge in [0.1, 0.15) is 6.04 Å². The van der Waals surface area contributed by atoms with Crippen LogP contribution < -0.4 is 16.8 Å². The quantitative estimate of drug-likeness (QED) is 0.387. The van der Waals surface area contributed by atoms with Crippen LogP contribution in [0.4, 0.5) is 5.69 Å². The van der Waals surface area contributed by atoms with Crippen molar-refractivity contribution in [2.24, 2.45) is 11.5 Å². The molecule has 2 aromatic carbocycles. The molecule has 2 amide bonds. The molecule has 0 spiro atoms. The fraction of sp³-hybridized carbons (Fsp3) is 0.222. The number of nitrogens with two attached hydrogens (primary N) is 2. The minimum atomic E-state index is -1.09. The Balaban J connectivity index is 2.07. The topological polar surface area (TPSA) is 162 Å². The van der Waals surface area contributed by atoms with Crippen LogP contribution in [0, 0.1) is 10.1 Å². The molecule has 142 valence electrons. The predicted octanol–water partition coefficient (Wildman–Crippen LogP) is 0.383. The van der Waals surface area contributed by atoms with E-state index in [9.17, 15) is 24.8 Å². The lowest BCUT2D eigenvalue weighted by molar-refractivity contribution is -0.385. The van der Waals surface area contributed by atoms with Crippen molar-refractivity contribution in [3.63, 3.8) is 0 Å². The summed E-state index contributed by atoms with van der Waals surface area (Å²) >= 11 is 0. The van der Waals surface area contributed by atoms with Gasteiger partial charge in [-0.3, -0.25) is 19.7 Å².